The Morgan fingerprint density at radius 3 is 2.38 bits per heavy atom. The molecule has 1 aliphatic carbocycles. The third kappa shape index (κ3) is 6.19. The van der Waals surface area contributed by atoms with E-state index in [9.17, 15) is 27.5 Å². The van der Waals surface area contributed by atoms with Crippen LogP contribution in [0.4, 0.5) is 17.6 Å². The summed E-state index contributed by atoms with van der Waals surface area (Å²) in [5, 5.41) is 9.81. The van der Waals surface area contributed by atoms with Gasteiger partial charge in [0.05, 0.1) is 18.1 Å². The van der Waals surface area contributed by atoms with Gasteiger partial charge in [0.15, 0.2) is 0 Å². The third-order valence-corrected chi connectivity index (χ3v) is 8.43. The molecule has 11 heteroatoms. The van der Waals surface area contributed by atoms with Crippen LogP contribution >= 0.6 is 0 Å². The number of carbonyl (C=O) groups excluding carboxylic acids is 1. The SMILES string of the molecule is O=C(c1ccc(-c2cnc(OCC3CCN(CC4(C(F)(F)F)CCC4)CC3)nc2)c(F)c1)N1CCC[C@@H](O)C1. The monoisotopic (exact) mass is 550 g/mol. The van der Waals surface area contributed by atoms with Crippen molar-refractivity contribution in [1.29, 1.82) is 0 Å². The van der Waals surface area contributed by atoms with Crippen LogP contribution in [0.15, 0.2) is 30.6 Å². The first kappa shape index (κ1) is 27.8. The lowest BCUT2D eigenvalue weighted by atomic mass is 9.67. The number of aliphatic hydroxyl groups excluding tert-OH is 1. The molecule has 0 bridgehead atoms. The highest BCUT2D eigenvalue weighted by molar-refractivity contribution is 5.94. The van der Waals surface area contributed by atoms with Crippen LogP contribution in [0.3, 0.4) is 0 Å². The Bertz CT molecular complexity index is 1150. The summed E-state index contributed by atoms with van der Waals surface area (Å²) in [5.74, 6) is -0.680. The van der Waals surface area contributed by atoms with E-state index in [0.29, 0.717) is 51.1 Å². The molecule has 1 amide bonds. The zero-order chi connectivity index (χ0) is 27.6. The smallest absolute Gasteiger partial charge is 0.395 e. The summed E-state index contributed by atoms with van der Waals surface area (Å²) in [7, 11) is 0. The Kier molecular flexibility index (Phi) is 8.09. The van der Waals surface area contributed by atoms with Crippen molar-refractivity contribution >= 4 is 5.91 Å². The Hall–Kier alpha value is -2.79. The summed E-state index contributed by atoms with van der Waals surface area (Å²) in [6, 6.07) is 4.42. The molecule has 1 aromatic heterocycles. The fourth-order valence-electron chi connectivity index (χ4n) is 5.80. The molecule has 212 valence electrons. The molecule has 2 saturated heterocycles. The lowest BCUT2D eigenvalue weighted by Gasteiger charge is -2.47. The molecule has 39 heavy (non-hydrogen) atoms. The van der Waals surface area contributed by atoms with Gasteiger partial charge in [0.2, 0.25) is 0 Å². The van der Waals surface area contributed by atoms with Crippen LogP contribution in [0.2, 0.25) is 0 Å². The average molecular weight is 551 g/mol. The molecule has 1 N–H and O–H groups in total. The van der Waals surface area contributed by atoms with Gasteiger partial charge < -0.3 is 19.6 Å². The summed E-state index contributed by atoms with van der Waals surface area (Å²) in [4.78, 5) is 24.5. The first-order valence-electron chi connectivity index (χ1n) is 13.6. The summed E-state index contributed by atoms with van der Waals surface area (Å²) >= 11 is 0. The molecular weight excluding hydrogens is 516 g/mol. The highest BCUT2D eigenvalue weighted by Gasteiger charge is 2.58. The number of amides is 1. The number of likely N-dealkylation sites (tertiary alicyclic amines) is 2. The van der Waals surface area contributed by atoms with E-state index in [4.69, 9.17) is 4.74 Å². The Morgan fingerprint density at radius 2 is 1.79 bits per heavy atom. The first-order chi connectivity index (χ1) is 18.6. The minimum atomic E-state index is -4.14. The first-order valence-corrected chi connectivity index (χ1v) is 13.6. The highest BCUT2D eigenvalue weighted by atomic mass is 19.4. The van der Waals surface area contributed by atoms with E-state index in [1.165, 1.54) is 29.4 Å². The third-order valence-electron chi connectivity index (χ3n) is 8.43. The zero-order valence-electron chi connectivity index (χ0n) is 21.8. The van der Waals surface area contributed by atoms with Crippen molar-refractivity contribution in [2.24, 2.45) is 11.3 Å². The molecular formula is C28H34F4N4O3. The van der Waals surface area contributed by atoms with Crippen molar-refractivity contribution < 1.29 is 32.2 Å². The van der Waals surface area contributed by atoms with Crippen LogP contribution < -0.4 is 4.74 Å². The van der Waals surface area contributed by atoms with Gasteiger partial charge in [0.1, 0.15) is 5.82 Å². The van der Waals surface area contributed by atoms with Crippen LogP contribution in [-0.2, 0) is 0 Å². The van der Waals surface area contributed by atoms with Crippen molar-refractivity contribution in [2.75, 3.05) is 39.3 Å². The largest absolute Gasteiger partial charge is 0.463 e. The van der Waals surface area contributed by atoms with E-state index >= 15 is 0 Å². The number of aliphatic hydroxyl groups is 1. The summed E-state index contributed by atoms with van der Waals surface area (Å²) < 4.78 is 61.1. The molecule has 2 aromatic rings. The van der Waals surface area contributed by atoms with Gasteiger partial charge in [0.25, 0.3) is 5.91 Å². The number of halogens is 4. The number of aromatic nitrogens is 2. The number of rotatable bonds is 7. The van der Waals surface area contributed by atoms with Crippen LogP contribution in [0.1, 0.15) is 55.3 Å². The molecule has 1 saturated carbocycles. The maximum absolute atomic E-state index is 14.9. The molecule has 3 aliphatic rings. The fourth-order valence-corrected chi connectivity index (χ4v) is 5.80. The van der Waals surface area contributed by atoms with Gasteiger partial charge in [-0.25, -0.2) is 14.4 Å². The number of β-amino-alcohol motifs (C(OH)–C–C–N with tert-alkyl or cyclic N) is 1. The van der Waals surface area contributed by atoms with Crippen molar-refractivity contribution in [2.45, 2.75) is 57.2 Å². The van der Waals surface area contributed by atoms with Gasteiger partial charge in [-0.15, -0.1) is 0 Å². The van der Waals surface area contributed by atoms with Gasteiger partial charge in [0, 0.05) is 48.7 Å². The lowest BCUT2D eigenvalue weighted by molar-refractivity contribution is -0.256. The molecule has 1 aromatic carbocycles. The highest BCUT2D eigenvalue weighted by Crippen LogP contribution is 2.53. The van der Waals surface area contributed by atoms with Crippen molar-refractivity contribution in [3.63, 3.8) is 0 Å². The zero-order valence-corrected chi connectivity index (χ0v) is 21.8. The van der Waals surface area contributed by atoms with E-state index in [1.54, 1.807) is 6.07 Å². The number of alkyl halides is 3. The number of hydrogen-bond acceptors (Lipinski definition) is 6. The van der Waals surface area contributed by atoms with Gasteiger partial charge in [-0.1, -0.05) is 12.5 Å². The molecule has 3 fully saturated rings. The van der Waals surface area contributed by atoms with E-state index in [2.05, 4.69) is 9.97 Å². The molecule has 5 rings (SSSR count). The molecule has 3 heterocycles. The van der Waals surface area contributed by atoms with Gasteiger partial charge >= 0.3 is 12.2 Å². The predicted molar refractivity (Wildman–Crippen MR) is 136 cm³/mol. The van der Waals surface area contributed by atoms with Crippen molar-refractivity contribution in [3.05, 3.63) is 42.0 Å². The standard InChI is InChI=1S/C28H34F4N4O3/c29-24-13-20(25(38)36-10-1-3-22(37)16-36)4-5-23(24)21-14-33-26(34-15-21)39-17-19-6-11-35(12-7-19)18-27(8-2-9-27)28(30,31)32/h4-5,13-15,19,22,37H,1-3,6-12,16-18H2/t22-/m1/s1. The number of carbonyl (C=O) groups is 1. The molecule has 0 radical (unpaired) electrons. The normalized spacial score (nSPS) is 22.4. The maximum atomic E-state index is 14.9. The minimum absolute atomic E-state index is 0.0851. The second kappa shape index (κ2) is 11.4. The van der Waals surface area contributed by atoms with Crippen molar-refractivity contribution in [1.82, 2.24) is 19.8 Å². The molecule has 0 spiro atoms. The van der Waals surface area contributed by atoms with Crippen LogP contribution in [0, 0.1) is 17.2 Å². The van der Waals surface area contributed by atoms with Crippen LogP contribution in [-0.4, -0.2) is 82.4 Å². The second-order valence-electron chi connectivity index (χ2n) is 11.2. The second-order valence-corrected chi connectivity index (χ2v) is 11.2. The topological polar surface area (TPSA) is 78.8 Å². The molecule has 2 aliphatic heterocycles. The minimum Gasteiger partial charge on any atom is -0.463 e. The Morgan fingerprint density at radius 1 is 1.08 bits per heavy atom. The van der Waals surface area contributed by atoms with Crippen molar-refractivity contribution in [3.8, 4) is 17.1 Å². The van der Waals surface area contributed by atoms with E-state index < -0.39 is 23.5 Å². The van der Waals surface area contributed by atoms with E-state index in [1.807, 2.05) is 4.90 Å². The number of ether oxygens (including phenoxy) is 1. The van der Waals surface area contributed by atoms with Crippen LogP contribution in [0.25, 0.3) is 11.1 Å². The molecule has 0 unspecified atom stereocenters. The predicted octanol–water partition coefficient (Wildman–Crippen LogP) is 4.70. The summed E-state index contributed by atoms with van der Waals surface area (Å²) in [6.45, 7) is 2.46. The number of piperidine rings is 2. The summed E-state index contributed by atoms with van der Waals surface area (Å²) in [5.41, 5.74) is -0.612. The maximum Gasteiger partial charge on any atom is 0.395 e. The van der Waals surface area contributed by atoms with Gasteiger partial charge in [-0.05, 0) is 69.7 Å². The molecule has 7 nitrogen and oxygen atoms in total. The quantitative estimate of drug-likeness (QED) is 0.504. The van der Waals surface area contributed by atoms with E-state index in [0.717, 1.165) is 12.8 Å². The average Bonchev–Trinajstić information content (AvgIpc) is 2.89. The Balaban J connectivity index is 1.11. The van der Waals surface area contributed by atoms with Gasteiger partial charge in [-0.3, -0.25) is 4.79 Å². The number of nitrogens with zero attached hydrogens (tertiary/aromatic N) is 4. The van der Waals surface area contributed by atoms with Crippen LogP contribution in [0.5, 0.6) is 6.01 Å². The fraction of sp³-hybridized carbons (Fsp3) is 0.607. The molecule has 1 atom stereocenters. The lowest BCUT2D eigenvalue weighted by Crippen LogP contribution is -2.53. The summed E-state index contributed by atoms with van der Waals surface area (Å²) in [6.07, 6.45) is 2.17. The Labute approximate surface area is 225 Å². The van der Waals surface area contributed by atoms with E-state index in [-0.39, 0.29) is 54.9 Å². The van der Waals surface area contributed by atoms with Gasteiger partial charge in [-0.2, -0.15) is 13.2 Å². The number of benzene rings is 1. The number of hydrogen-bond donors (Lipinski definition) is 1.